The number of aromatic amines is 1. The molecule has 8 N–H and O–H groups in total. The number of pyridine rings is 1. The van der Waals surface area contributed by atoms with E-state index in [4.69, 9.17) is 10.2 Å². The number of alkyl halides is 1. The first-order valence-corrected chi connectivity index (χ1v) is 17.9. The van der Waals surface area contributed by atoms with Gasteiger partial charge in [0.25, 0.3) is 0 Å². The Balaban J connectivity index is 1.99. The molecule has 20 heteroatoms. The maximum Gasteiger partial charge on any atom is 0.317 e. The lowest BCUT2D eigenvalue weighted by Crippen LogP contribution is -2.46. The van der Waals surface area contributed by atoms with Crippen LogP contribution in [0.1, 0.15) is 31.2 Å². The van der Waals surface area contributed by atoms with Gasteiger partial charge < -0.3 is 41.4 Å². The van der Waals surface area contributed by atoms with Crippen LogP contribution in [0.3, 0.4) is 0 Å². The molecule has 2 rings (SSSR count). The molecule has 0 unspecified atom stereocenters. The van der Waals surface area contributed by atoms with E-state index >= 15 is 0 Å². The summed E-state index contributed by atoms with van der Waals surface area (Å²) in [5.74, 6) is -5.93. The zero-order valence-corrected chi connectivity index (χ0v) is 30.7. The number of carboxylic acid groups (broad SMARTS) is 4. The number of carboxylic acids is 4. The van der Waals surface area contributed by atoms with Crippen molar-refractivity contribution in [2.45, 2.75) is 32.1 Å². The maximum absolute atomic E-state index is 13.0. The lowest BCUT2D eigenvalue weighted by Gasteiger charge is -2.27. The quantitative estimate of drug-likeness (QED) is 0.0415. The Hall–Kier alpha value is -4.92. The van der Waals surface area contributed by atoms with Gasteiger partial charge in [-0.1, -0.05) is 34.8 Å². The monoisotopic (exact) mass is 811 g/mol. The molecule has 0 saturated carbocycles. The van der Waals surface area contributed by atoms with Crippen LogP contribution < -0.4 is 21.5 Å². The number of halogens is 1. The summed E-state index contributed by atoms with van der Waals surface area (Å²) in [5, 5.41) is 46.0. The number of anilines is 1. The summed E-state index contributed by atoms with van der Waals surface area (Å²) in [5.41, 5.74) is 0.667. The van der Waals surface area contributed by atoms with Crippen LogP contribution >= 0.6 is 15.9 Å². The fourth-order valence-electron chi connectivity index (χ4n) is 5.33. The van der Waals surface area contributed by atoms with Gasteiger partial charge in [-0.2, -0.15) is 0 Å². The lowest BCUT2D eigenvalue weighted by molar-refractivity contribution is -0.143. The van der Waals surface area contributed by atoms with Crippen LogP contribution in [-0.4, -0.2) is 159 Å². The fourth-order valence-corrected chi connectivity index (χ4v) is 5.53. The number of nitrogens with zero attached hydrogens (tertiary/aromatic N) is 3. The highest BCUT2D eigenvalue weighted by atomic mass is 79.9. The van der Waals surface area contributed by atoms with E-state index in [2.05, 4.69) is 36.9 Å². The molecule has 0 aliphatic rings. The van der Waals surface area contributed by atoms with Crippen molar-refractivity contribution in [3.05, 3.63) is 40.2 Å². The number of carbonyl (C=O) groups is 7. The number of aliphatic carboxylic acids is 4. The van der Waals surface area contributed by atoms with Gasteiger partial charge >= 0.3 is 23.9 Å². The first kappa shape index (κ1) is 44.2. The summed E-state index contributed by atoms with van der Waals surface area (Å²) in [6.45, 7) is -1.82. The molecule has 0 spiro atoms. The number of rotatable bonds is 27. The van der Waals surface area contributed by atoms with Gasteiger partial charge in [0.05, 0.1) is 50.0 Å². The molecule has 1 aromatic heterocycles. The molecule has 0 bridgehead atoms. The van der Waals surface area contributed by atoms with Gasteiger partial charge in [-0.3, -0.25) is 53.1 Å². The van der Waals surface area contributed by atoms with Crippen LogP contribution in [0.5, 0.6) is 0 Å². The van der Waals surface area contributed by atoms with Gasteiger partial charge in [0.1, 0.15) is 0 Å². The van der Waals surface area contributed by atoms with Gasteiger partial charge in [0.15, 0.2) is 0 Å². The molecule has 19 nitrogen and oxygen atoms in total. The summed E-state index contributed by atoms with van der Waals surface area (Å²) in [6, 6.07) is 6.03. The van der Waals surface area contributed by atoms with Crippen molar-refractivity contribution < 1.29 is 54.0 Å². The number of carbonyl (C=O) groups excluding carboxylic acids is 3. The number of unbranched alkanes of at least 4 members (excludes halogenated alkanes) is 3. The average molecular weight is 813 g/mol. The molecule has 292 valence electrons. The van der Waals surface area contributed by atoms with Crippen LogP contribution in [-0.2, 0) is 40.0 Å². The van der Waals surface area contributed by atoms with E-state index in [9.17, 15) is 48.6 Å². The number of hydrogen-bond acceptors (Lipinski definition) is 11. The second-order valence-electron chi connectivity index (χ2n) is 12.2. The number of nitrogens with one attached hydrogen (secondary N) is 4. The van der Waals surface area contributed by atoms with Gasteiger partial charge in [0, 0.05) is 56.4 Å². The van der Waals surface area contributed by atoms with Gasteiger partial charge in [0.2, 0.25) is 23.3 Å². The summed E-state index contributed by atoms with van der Waals surface area (Å²) < 4.78 is 0. The summed E-state index contributed by atoms with van der Waals surface area (Å²) in [6.07, 6.45) is 3.30. The lowest BCUT2D eigenvalue weighted by atomic mass is 10.1. The highest BCUT2D eigenvalue weighted by Gasteiger charge is 2.20. The minimum Gasteiger partial charge on any atom is -0.480 e. The SMILES string of the molecule is O=C(O)CN(CCN(CC(=O)O)CC(=O)O)CCN(CC(=O)O)CC(=O)Nc1ccc2c(CC(=O)NCCCCCCNC(=O)CBr)cc(=O)[nH]c2c1. The van der Waals surface area contributed by atoms with E-state index in [0.29, 0.717) is 29.6 Å². The molecule has 53 heavy (non-hydrogen) atoms. The van der Waals surface area contributed by atoms with E-state index in [-0.39, 0.29) is 55.4 Å². The zero-order chi connectivity index (χ0) is 39.3. The molecule has 3 amide bonds. The second kappa shape index (κ2) is 23.6. The Morgan fingerprint density at radius 1 is 0.623 bits per heavy atom. The summed E-state index contributed by atoms with van der Waals surface area (Å²) in [4.78, 5) is 101. The van der Waals surface area contributed by atoms with Crippen LogP contribution in [0.25, 0.3) is 10.9 Å². The van der Waals surface area contributed by atoms with Crippen molar-refractivity contribution in [3.63, 3.8) is 0 Å². The Morgan fingerprint density at radius 3 is 1.64 bits per heavy atom. The van der Waals surface area contributed by atoms with E-state index in [1.54, 1.807) is 12.1 Å². The molecule has 1 heterocycles. The third-order valence-corrected chi connectivity index (χ3v) is 8.21. The smallest absolute Gasteiger partial charge is 0.317 e. The predicted molar refractivity (Wildman–Crippen MR) is 195 cm³/mol. The molecule has 0 atom stereocenters. The maximum atomic E-state index is 13.0. The standard InChI is InChI=1S/C33H46BrN7O12/c34-16-28(44)36-8-4-2-1-3-7-35-26(42)13-22-14-27(43)38-25-15-23(5-6-24(22)25)37-29(45)17-40(19-31(48)49)11-9-39(18-30(46)47)10-12-41(20-32(50)51)21-33(52)53/h5-6,14-15H,1-4,7-13,16-21H2,(H,35,42)(H,36,44)(H,37,45)(H,38,43)(H,46,47)(H,48,49)(H,50,51)(H,52,53). The van der Waals surface area contributed by atoms with Crippen LogP contribution in [0.4, 0.5) is 5.69 Å². The third-order valence-electron chi connectivity index (χ3n) is 7.70. The number of fused-ring (bicyclic) bond motifs is 1. The van der Waals surface area contributed by atoms with Crippen LogP contribution in [0.15, 0.2) is 29.1 Å². The molecule has 1 aromatic carbocycles. The average Bonchev–Trinajstić information content (AvgIpc) is 3.05. The Labute approximate surface area is 312 Å². The Morgan fingerprint density at radius 2 is 1.11 bits per heavy atom. The summed E-state index contributed by atoms with van der Waals surface area (Å²) in [7, 11) is 0. The minimum absolute atomic E-state index is 0.0346. The van der Waals surface area contributed by atoms with Gasteiger partial charge in [-0.15, -0.1) is 0 Å². The first-order valence-electron chi connectivity index (χ1n) is 16.7. The largest absolute Gasteiger partial charge is 0.480 e. The number of benzene rings is 1. The zero-order valence-electron chi connectivity index (χ0n) is 29.1. The van der Waals surface area contributed by atoms with E-state index in [1.807, 2.05) is 0 Å². The van der Waals surface area contributed by atoms with Crippen molar-refractivity contribution in [3.8, 4) is 0 Å². The molecule has 0 aliphatic carbocycles. The minimum atomic E-state index is -1.26. The highest BCUT2D eigenvalue weighted by molar-refractivity contribution is 9.09. The molecule has 0 radical (unpaired) electrons. The van der Waals surface area contributed by atoms with Crippen molar-refractivity contribution in [1.82, 2.24) is 30.3 Å². The van der Waals surface area contributed by atoms with Crippen molar-refractivity contribution in [1.29, 1.82) is 0 Å². The predicted octanol–water partition coefficient (Wildman–Crippen LogP) is -0.559. The molecule has 0 fully saturated rings. The third kappa shape index (κ3) is 18.9. The normalized spacial score (nSPS) is 11.2. The number of amides is 3. The van der Waals surface area contributed by atoms with Crippen LogP contribution in [0, 0.1) is 0 Å². The van der Waals surface area contributed by atoms with Gasteiger partial charge in [-0.25, -0.2) is 0 Å². The van der Waals surface area contributed by atoms with E-state index in [1.165, 1.54) is 21.9 Å². The number of H-pyrrole nitrogens is 1. The van der Waals surface area contributed by atoms with Crippen molar-refractivity contribution >= 4 is 74.1 Å². The highest BCUT2D eigenvalue weighted by Crippen LogP contribution is 2.20. The molecule has 0 saturated heterocycles. The van der Waals surface area contributed by atoms with Crippen molar-refractivity contribution in [2.24, 2.45) is 0 Å². The number of hydrogen-bond donors (Lipinski definition) is 8. The Kier molecular flexibility index (Phi) is 19.7. The number of aromatic nitrogens is 1. The molecular formula is C33H46BrN7O12. The topological polar surface area (TPSA) is 279 Å². The molecule has 2 aromatic rings. The first-order chi connectivity index (χ1) is 25.1. The van der Waals surface area contributed by atoms with E-state index in [0.717, 1.165) is 30.6 Å². The van der Waals surface area contributed by atoms with Crippen LogP contribution in [0.2, 0.25) is 0 Å². The van der Waals surface area contributed by atoms with Gasteiger partial charge in [-0.05, 0) is 30.5 Å². The van der Waals surface area contributed by atoms with E-state index < -0.39 is 68.1 Å². The fraction of sp³-hybridized carbons (Fsp3) is 0.515. The second-order valence-corrected chi connectivity index (χ2v) is 12.7. The summed E-state index contributed by atoms with van der Waals surface area (Å²) >= 11 is 3.09. The Bertz CT molecular complexity index is 1640. The molecular weight excluding hydrogens is 766 g/mol. The van der Waals surface area contributed by atoms with Crippen molar-refractivity contribution in [2.75, 3.05) is 82.6 Å². The molecule has 0 aliphatic heterocycles.